The summed E-state index contributed by atoms with van der Waals surface area (Å²) < 4.78 is 11.0. The Hall–Kier alpha value is -1.39. The number of carbonyl (C=O) groups is 1. The lowest BCUT2D eigenvalue weighted by molar-refractivity contribution is -0.138. The van der Waals surface area contributed by atoms with Gasteiger partial charge in [0.1, 0.15) is 0 Å². The molecule has 1 aliphatic rings. The Labute approximate surface area is 127 Å². The summed E-state index contributed by atoms with van der Waals surface area (Å²) in [5.74, 6) is 0.219. The first-order valence-corrected chi connectivity index (χ1v) is 7.77. The molecule has 1 aromatic carbocycles. The Kier molecular flexibility index (Phi) is 6.70. The van der Waals surface area contributed by atoms with Gasteiger partial charge in [0.25, 0.3) is 0 Å². The largest absolute Gasteiger partial charge is 0.381 e. The number of ether oxygens (including phenoxy) is 2. The van der Waals surface area contributed by atoms with E-state index in [9.17, 15) is 4.79 Å². The number of benzene rings is 1. The summed E-state index contributed by atoms with van der Waals surface area (Å²) >= 11 is 0. The Morgan fingerprint density at radius 2 is 2.14 bits per heavy atom. The number of amides is 1. The molecule has 1 unspecified atom stereocenters. The van der Waals surface area contributed by atoms with Crippen LogP contribution in [-0.2, 0) is 20.7 Å². The predicted octanol–water partition coefficient (Wildman–Crippen LogP) is 2.27. The van der Waals surface area contributed by atoms with Gasteiger partial charge in [0, 0.05) is 26.1 Å². The highest BCUT2D eigenvalue weighted by molar-refractivity contribution is 5.76. The van der Waals surface area contributed by atoms with Gasteiger partial charge in [0.05, 0.1) is 19.3 Å². The van der Waals surface area contributed by atoms with Crippen LogP contribution in [0.5, 0.6) is 0 Å². The van der Waals surface area contributed by atoms with Crippen molar-refractivity contribution >= 4 is 5.91 Å². The van der Waals surface area contributed by atoms with Crippen molar-refractivity contribution in [3.05, 3.63) is 35.9 Å². The number of hydrogen-bond donors (Lipinski definition) is 0. The molecule has 0 spiro atoms. The maximum absolute atomic E-state index is 12.0. The van der Waals surface area contributed by atoms with Crippen LogP contribution in [0.25, 0.3) is 0 Å². The number of hydrogen-bond acceptors (Lipinski definition) is 3. The van der Waals surface area contributed by atoms with E-state index in [-0.39, 0.29) is 12.0 Å². The highest BCUT2D eigenvalue weighted by atomic mass is 16.5. The van der Waals surface area contributed by atoms with Crippen LogP contribution in [-0.4, -0.2) is 49.8 Å². The zero-order valence-corrected chi connectivity index (χ0v) is 12.8. The van der Waals surface area contributed by atoms with Crippen molar-refractivity contribution in [2.75, 3.05) is 32.9 Å². The fraction of sp³-hybridized carbons (Fsp3) is 0.588. The molecule has 1 aliphatic heterocycles. The normalized spacial score (nSPS) is 18.7. The third-order valence-corrected chi connectivity index (χ3v) is 3.65. The second-order valence-electron chi connectivity index (χ2n) is 5.47. The van der Waals surface area contributed by atoms with Crippen molar-refractivity contribution < 1.29 is 14.3 Å². The molecular weight excluding hydrogens is 266 g/mol. The topological polar surface area (TPSA) is 38.8 Å². The molecule has 1 saturated heterocycles. The molecular formula is C17H25NO3. The van der Waals surface area contributed by atoms with Crippen molar-refractivity contribution in [2.24, 2.45) is 0 Å². The number of carbonyl (C=O) groups excluding carboxylic acids is 1. The molecule has 0 saturated carbocycles. The molecule has 2 rings (SSSR count). The van der Waals surface area contributed by atoms with Crippen LogP contribution in [0.3, 0.4) is 0 Å². The molecule has 21 heavy (non-hydrogen) atoms. The van der Waals surface area contributed by atoms with Gasteiger partial charge in [-0.3, -0.25) is 4.79 Å². The van der Waals surface area contributed by atoms with E-state index in [0.29, 0.717) is 32.8 Å². The molecule has 116 valence electrons. The highest BCUT2D eigenvalue weighted by Gasteiger charge is 2.20. The molecule has 1 fully saturated rings. The number of morpholine rings is 1. The van der Waals surface area contributed by atoms with Gasteiger partial charge in [0.15, 0.2) is 0 Å². The first kappa shape index (κ1) is 16.0. The minimum absolute atomic E-state index is 0.157. The summed E-state index contributed by atoms with van der Waals surface area (Å²) in [6.07, 6.45) is 2.44. The van der Waals surface area contributed by atoms with E-state index in [1.807, 2.05) is 30.0 Å². The molecule has 0 bridgehead atoms. The SMILES string of the molecule is CC1CN(C(=O)CCCOCCc2ccccc2)CCO1. The summed E-state index contributed by atoms with van der Waals surface area (Å²) in [5.41, 5.74) is 1.29. The molecule has 1 amide bonds. The second-order valence-corrected chi connectivity index (χ2v) is 5.47. The van der Waals surface area contributed by atoms with Crippen molar-refractivity contribution in [2.45, 2.75) is 32.3 Å². The maximum Gasteiger partial charge on any atom is 0.222 e. The van der Waals surface area contributed by atoms with E-state index >= 15 is 0 Å². The number of rotatable bonds is 7. The molecule has 1 aromatic rings. The summed E-state index contributed by atoms with van der Waals surface area (Å²) in [6, 6.07) is 10.3. The van der Waals surface area contributed by atoms with Crippen molar-refractivity contribution in [3.8, 4) is 0 Å². The Bertz CT molecular complexity index is 421. The fourth-order valence-corrected chi connectivity index (χ4v) is 2.47. The second kappa shape index (κ2) is 8.80. The fourth-order valence-electron chi connectivity index (χ4n) is 2.47. The van der Waals surface area contributed by atoms with Gasteiger partial charge in [-0.05, 0) is 25.3 Å². The summed E-state index contributed by atoms with van der Waals surface area (Å²) in [4.78, 5) is 13.9. The third kappa shape index (κ3) is 5.86. The molecule has 0 radical (unpaired) electrons. The first-order valence-electron chi connectivity index (χ1n) is 7.77. The van der Waals surface area contributed by atoms with Gasteiger partial charge in [-0.15, -0.1) is 0 Å². The number of nitrogens with zero attached hydrogens (tertiary/aromatic N) is 1. The third-order valence-electron chi connectivity index (χ3n) is 3.65. The van der Waals surface area contributed by atoms with Crippen LogP contribution < -0.4 is 0 Å². The van der Waals surface area contributed by atoms with E-state index < -0.39 is 0 Å². The van der Waals surface area contributed by atoms with Crippen LogP contribution in [0.2, 0.25) is 0 Å². The van der Waals surface area contributed by atoms with E-state index in [0.717, 1.165) is 19.4 Å². The summed E-state index contributed by atoms with van der Waals surface area (Å²) in [6.45, 7) is 5.46. The van der Waals surface area contributed by atoms with Crippen LogP contribution in [0.4, 0.5) is 0 Å². The highest BCUT2D eigenvalue weighted by Crippen LogP contribution is 2.07. The van der Waals surface area contributed by atoms with Gasteiger partial charge < -0.3 is 14.4 Å². The van der Waals surface area contributed by atoms with Crippen LogP contribution in [0, 0.1) is 0 Å². The monoisotopic (exact) mass is 291 g/mol. The zero-order chi connectivity index (χ0) is 14.9. The molecule has 1 heterocycles. The van der Waals surface area contributed by atoms with Gasteiger partial charge >= 0.3 is 0 Å². The Morgan fingerprint density at radius 3 is 2.90 bits per heavy atom. The van der Waals surface area contributed by atoms with Crippen molar-refractivity contribution in [3.63, 3.8) is 0 Å². The standard InChI is InChI=1S/C17H25NO3/c1-15-14-18(10-13-21-15)17(19)8-5-11-20-12-9-16-6-3-2-4-7-16/h2-4,6-7,15H,5,8-14H2,1H3. The van der Waals surface area contributed by atoms with Crippen molar-refractivity contribution in [1.82, 2.24) is 4.90 Å². The van der Waals surface area contributed by atoms with E-state index in [1.165, 1.54) is 5.56 Å². The average molecular weight is 291 g/mol. The van der Waals surface area contributed by atoms with Gasteiger partial charge in [-0.25, -0.2) is 0 Å². The van der Waals surface area contributed by atoms with Gasteiger partial charge in [0.2, 0.25) is 5.91 Å². The Morgan fingerprint density at radius 1 is 1.33 bits per heavy atom. The average Bonchev–Trinajstić information content (AvgIpc) is 2.51. The predicted molar refractivity (Wildman–Crippen MR) is 82.2 cm³/mol. The first-order chi connectivity index (χ1) is 10.3. The van der Waals surface area contributed by atoms with Crippen LogP contribution in [0.15, 0.2) is 30.3 Å². The summed E-state index contributed by atoms with van der Waals surface area (Å²) in [5, 5.41) is 0. The Balaban J connectivity index is 1.52. The lowest BCUT2D eigenvalue weighted by Gasteiger charge is -2.31. The molecule has 4 heteroatoms. The van der Waals surface area contributed by atoms with Crippen LogP contribution in [0.1, 0.15) is 25.3 Å². The maximum atomic E-state index is 12.0. The molecule has 4 nitrogen and oxygen atoms in total. The molecule has 0 N–H and O–H groups in total. The molecule has 0 aliphatic carbocycles. The van der Waals surface area contributed by atoms with E-state index in [4.69, 9.17) is 9.47 Å². The van der Waals surface area contributed by atoms with E-state index in [1.54, 1.807) is 0 Å². The van der Waals surface area contributed by atoms with E-state index in [2.05, 4.69) is 12.1 Å². The minimum Gasteiger partial charge on any atom is -0.381 e. The summed E-state index contributed by atoms with van der Waals surface area (Å²) in [7, 11) is 0. The van der Waals surface area contributed by atoms with Crippen molar-refractivity contribution in [1.29, 1.82) is 0 Å². The lowest BCUT2D eigenvalue weighted by Crippen LogP contribution is -2.44. The lowest BCUT2D eigenvalue weighted by atomic mass is 10.2. The van der Waals surface area contributed by atoms with Gasteiger partial charge in [-0.2, -0.15) is 0 Å². The van der Waals surface area contributed by atoms with Gasteiger partial charge in [-0.1, -0.05) is 30.3 Å². The smallest absolute Gasteiger partial charge is 0.222 e. The van der Waals surface area contributed by atoms with Crippen LogP contribution >= 0.6 is 0 Å². The minimum atomic E-state index is 0.157. The quantitative estimate of drug-likeness (QED) is 0.723. The molecule has 1 atom stereocenters. The zero-order valence-electron chi connectivity index (χ0n) is 12.8. The molecule has 0 aromatic heterocycles.